The van der Waals surface area contributed by atoms with Gasteiger partial charge in [-0.2, -0.15) is 0 Å². The van der Waals surface area contributed by atoms with Crippen LogP contribution in [0.1, 0.15) is 46.5 Å². The Kier molecular flexibility index (Phi) is 4.18. The fraction of sp³-hybridized carbons (Fsp3) is 0.875. The molecule has 0 aromatic rings. The van der Waals surface area contributed by atoms with Crippen LogP contribution in [0.15, 0.2) is 12.7 Å². The molecule has 0 heterocycles. The quantitative estimate of drug-likeness (QED) is 0.553. The maximum atomic E-state index is 5.58. The van der Waals surface area contributed by atoms with Crippen LogP contribution in [0.2, 0.25) is 0 Å². The van der Waals surface area contributed by atoms with Crippen LogP contribution in [0.25, 0.3) is 0 Å². The SMILES string of the molecule is C=CCCOCCNC1C2(C)CCC(C2)C1(C)C. The number of fused-ring (bicyclic) bond motifs is 2. The Morgan fingerprint density at radius 2 is 2.11 bits per heavy atom. The van der Waals surface area contributed by atoms with Gasteiger partial charge in [0.25, 0.3) is 0 Å². The zero-order valence-corrected chi connectivity index (χ0v) is 12.3. The summed E-state index contributed by atoms with van der Waals surface area (Å²) >= 11 is 0. The van der Waals surface area contributed by atoms with E-state index in [1.807, 2.05) is 6.08 Å². The fourth-order valence-electron chi connectivity index (χ4n) is 4.36. The van der Waals surface area contributed by atoms with Crippen LogP contribution in [0.5, 0.6) is 0 Å². The number of ether oxygens (including phenoxy) is 1. The van der Waals surface area contributed by atoms with Gasteiger partial charge >= 0.3 is 0 Å². The Hall–Kier alpha value is -0.340. The molecular formula is C16H29NO. The molecule has 3 atom stereocenters. The lowest BCUT2D eigenvalue weighted by atomic mass is 9.68. The Bertz CT molecular complexity index is 295. The monoisotopic (exact) mass is 251 g/mol. The van der Waals surface area contributed by atoms with Gasteiger partial charge in [0.1, 0.15) is 0 Å². The van der Waals surface area contributed by atoms with E-state index in [-0.39, 0.29) is 0 Å². The summed E-state index contributed by atoms with van der Waals surface area (Å²) < 4.78 is 5.58. The molecule has 0 spiro atoms. The number of nitrogens with one attached hydrogen (secondary N) is 1. The summed E-state index contributed by atoms with van der Waals surface area (Å²) in [7, 11) is 0. The third-order valence-corrected chi connectivity index (χ3v) is 5.33. The zero-order valence-electron chi connectivity index (χ0n) is 12.3. The fourth-order valence-corrected chi connectivity index (χ4v) is 4.36. The highest BCUT2D eigenvalue weighted by Gasteiger charge is 2.58. The molecular weight excluding hydrogens is 222 g/mol. The van der Waals surface area contributed by atoms with Crippen LogP contribution in [-0.2, 0) is 4.74 Å². The molecule has 0 radical (unpaired) electrons. The summed E-state index contributed by atoms with van der Waals surface area (Å²) in [6.07, 6.45) is 7.10. The second kappa shape index (κ2) is 5.34. The highest BCUT2D eigenvalue weighted by Crippen LogP contribution is 2.62. The van der Waals surface area contributed by atoms with Crippen molar-refractivity contribution < 1.29 is 4.74 Å². The van der Waals surface area contributed by atoms with Crippen molar-refractivity contribution in [1.82, 2.24) is 5.32 Å². The number of hydrogen-bond donors (Lipinski definition) is 1. The van der Waals surface area contributed by atoms with Crippen molar-refractivity contribution in [2.75, 3.05) is 19.8 Å². The maximum Gasteiger partial charge on any atom is 0.0591 e. The first kappa shape index (κ1) is 14.1. The van der Waals surface area contributed by atoms with Crippen molar-refractivity contribution in [3.8, 4) is 0 Å². The summed E-state index contributed by atoms with van der Waals surface area (Å²) in [5.41, 5.74) is 0.976. The molecule has 2 rings (SSSR count). The third kappa shape index (κ3) is 2.50. The van der Waals surface area contributed by atoms with Crippen LogP contribution in [-0.4, -0.2) is 25.8 Å². The van der Waals surface area contributed by atoms with E-state index in [4.69, 9.17) is 4.74 Å². The molecule has 1 N–H and O–H groups in total. The summed E-state index contributed by atoms with van der Waals surface area (Å²) in [5, 5.41) is 3.77. The van der Waals surface area contributed by atoms with E-state index in [1.54, 1.807) is 0 Å². The highest BCUT2D eigenvalue weighted by atomic mass is 16.5. The van der Waals surface area contributed by atoms with Crippen molar-refractivity contribution in [2.24, 2.45) is 16.7 Å². The molecule has 18 heavy (non-hydrogen) atoms. The molecule has 2 saturated carbocycles. The highest BCUT2D eigenvalue weighted by molar-refractivity contribution is 5.11. The van der Waals surface area contributed by atoms with E-state index >= 15 is 0 Å². The smallest absolute Gasteiger partial charge is 0.0591 e. The van der Waals surface area contributed by atoms with E-state index in [0.29, 0.717) is 16.9 Å². The average Bonchev–Trinajstić information content (AvgIpc) is 2.78. The normalized spacial score (nSPS) is 37.1. The second-order valence-corrected chi connectivity index (χ2v) is 6.99. The molecule has 0 aliphatic heterocycles. The first-order valence-corrected chi connectivity index (χ1v) is 7.43. The largest absolute Gasteiger partial charge is 0.380 e. The van der Waals surface area contributed by atoms with Crippen LogP contribution >= 0.6 is 0 Å². The van der Waals surface area contributed by atoms with Gasteiger partial charge in [-0.05, 0) is 42.4 Å². The van der Waals surface area contributed by atoms with Crippen LogP contribution < -0.4 is 5.32 Å². The molecule has 2 fully saturated rings. The molecule has 0 aromatic carbocycles. The summed E-state index contributed by atoms with van der Waals surface area (Å²) in [5.74, 6) is 0.918. The standard InChI is InChI=1S/C16H29NO/c1-5-6-10-18-11-9-17-14-15(2,3)13-7-8-16(14,4)12-13/h5,13-14,17H,1,6-12H2,2-4H3. The predicted molar refractivity (Wildman–Crippen MR) is 76.7 cm³/mol. The minimum Gasteiger partial charge on any atom is -0.380 e. The first-order chi connectivity index (χ1) is 8.50. The Balaban J connectivity index is 1.77. The molecule has 3 unspecified atom stereocenters. The molecule has 0 saturated heterocycles. The number of rotatable bonds is 7. The van der Waals surface area contributed by atoms with Gasteiger partial charge in [-0.25, -0.2) is 0 Å². The van der Waals surface area contributed by atoms with Crippen LogP contribution in [0.3, 0.4) is 0 Å². The zero-order chi connectivity index (χ0) is 13.2. The third-order valence-electron chi connectivity index (χ3n) is 5.33. The van der Waals surface area contributed by atoms with Gasteiger partial charge < -0.3 is 10.1 Å². The van der Waals surface area contributed by atoms with Crippen LogP contribution in [0.4, 0.5) is 0 Å². The molecule has 0 amide bonds. The van der Waals surface area contributed by atoms with Gasteiger partial charge in [0.15, 0.2) is 0 Å². The van der Waals surface area contributed by atoms with Gasteiger partial charge in [-0.15, -0.1) is 6.58 Å². The van der Waals surface area contributed by atoms with E-state index in [0.717, 1.165) is 32.1 Å². The lowest BCUT2D eigenvalue weighted by molar-refractivity contribution is 0.0888. The van der Waals surface area contributed by atoms with Crippen molar-refractivity contribution in [3.63, 3.8) is 0 Å². The first-order valence-electron chi connectivity index (χ1n) is 7.43. The Morgan fingerprint density at radius 1 is 1.33 bits per heavy atom. The summed E-state index contributed by atoms with van der Waals surface area (Å²) in [6, 6.07) is 0.659. The minimum atomic E-state index is 0.452. The van der Waals surface area contributed by atoms with Gasteiger partial charge in [0.2, 0.25) is 0 Å². The summed E-state index contributed by atoms with van der Waals surface area (Å²) in [4.78, 5) is 0. The number of hydrogen-bond acceptors (Lipinski definition) is 2. The Labute approximate surface area is 112 Å². The Morgan fingerprint density at radius 3 is 2.72 bits per heavy atom. The van der Waals surface area contributed by atoms with E-state index in [1.165, 1.54) is 19.3 Å². The minimum absolute atomic E-state index is 0.452. The lowest BCUT2D eigenvalue weighted by Crippen LogP contribution is -2.51. The van der Waals surface area contributed by atoms with Crippen molar-refractivity contribution in [1.29, 1.82) is 0 Å². The van der Waals surface area contributed by atoms with Crippen molar-refractivity contribution >= 4 is 0 Å². The molecule has 104 valence electrons. The second-order valence-electron chi connectivity index (χ2n) is 6.99. The molecule has 0 aromatic heterocycles. The van der Waals surface area contributed by atoms with Gasteiger partial charge in [-0.1, -0.05) is 26.8 Å². The molecule has 2 bridgehead atoms. The van der Waals surface area contributed by atoms with E-state index < -0.39 is 0 Å². The van der Waals surface area contributed by atoms with Crippen LogP contribution in [0, 0.1) is 16.7 Å². The molecule has 2 nitrogen and oxygen atoms in total. The van der Waals surface area contributed by atoms with Crippen molar-refractivity contribution in [3.05, 3.63) is 12.7 Å². The van der Waals surface area contributed by atoms with Crippen molar-refractivity contribution in [2.45, 2.75) is 52.5 Å². The summed E-state index contributed by atoms with van der Waals surface area (Å²) in [6.45, 7) is 13.7. The predicted octanol–water partition coefficient (Wildman–Crippen LogP) is 3.38. The van der Waals surface area contributed by atoms with E-state index in [2.05, 4.69) is 32.7 Å². The van der Waals surface area contributed by atoms with Gasteiger partial charge in [-0.3, -0.25) is 0 Å². The molecule has 2 heteroatoms. The molecule has 2 aliphatic carbocycles. The topological polar surface area (TPSA) is 21.3 Å². The average molecular weight is 251 g/mol. The maximum absolute atomic E-state index is 5.58. The lowest BCUT2D eigenvalue weighted by Gasteiger charge is -2.43. The molecule has 2 aliphatic rings. The van der Waals surface area contributed by atoms with Gasteiger partial charge in [0, 0.05) is 12.6 Å². The van der Waals surface area contributed by atoms with E-state index in [9.17, 15) is 0 Å². The van der Waals surface area contributed by atoms with Gasteiger partial charge in [0.05, 0.1) is 13.2 Å².